The monoisotopic (exact) mass is 408 g/mol. The molecule has 2 heterocycles. The molecule has 2 atom stereocenters. The lowest BCUT2D eigenvalue weighted by atomic mass is 9.92. The molecule has 0 unspecified atom stereocenters. The molecule has 3 rings (SSSR count). The van der Waals surface area contributed by atoms with E-state index in [0.717, 1.165) is 25.2 Å². The Morgan fingerprint density at radius 1 is 0.966 bits per heavy atom. The third kappa shape index (κ3) is 5.96. The second kappa shape index (κ2) is 9.63. The van der Waals surface area contributed by atoms with E-state index in [2.05, 4.69) is 24.1 Å². The molecule has 29 heavy (non-hydrogen) atoms. The third-order valence-corrected chi connectivity index (χ3v) is 5.64. The van der Waals surface area contributed by atoms with Gasteiger partial charge in [-0.2, -0.15) is 0 Å². The standard InChI is InChI=1S/C21H30F2N4O2/c1-15-10-16(2)12-27(11-15)20(29)14-26-8-6-25(7-9-26)13-19(28)24-21-17(22)4-3-5-18(21)23/h3-5,15-16H,6-14H2,1-2H3,(H,24,28)/t15-,16-/m0/s1. The van der Waals surface area contributed by atoms with Crippen LogP contribution in [0.3, 0.4) is 0 Å². The van der Waals surface area contributed by atoms with E-state index in [1.54, 1.807) is 0 Å². The van der Waals surface area contributed by atoms with Crippen LogP contribution in [0.25, 0.3) is 0 Å². The molecule has 2 amide bonds. The summed E-state index contributed by atoms with van der Waals surface area (Å²) in [6.07, 6.45) is 1.17. The Kier molecular flexibility index (Phi) is 7.18. The summed E-state index contributed by atoms with van der Waals surface area (Å²) in [4.78, 5) is 30.8. The first-order valence-corrected chi connectivity index (χ1v) is 10.3. The molecule has 0 spiro atoms. The maximum Gasteiger partial charge on any atom is 0.238 e. The number of nitrogens with one attached hydrogen (secondary N) is 1. The van der Waals surface area contributed by atoms with Crippen LogP contribution >= 0.6 is 0 Å². The summed E-state index contributed by atoms with van der Waals surface area (Å²) in [5.74, 6) is -0.778. The number of rotatable bonds is 5. The van der Waals surface area contributed by atoms with Crippen LogP contribution in [0.5, 0.6) is 0 Å². The number of nitrogens with zero attached hydrogens (tertiary/aromatic N) is 3. The predicted molar refractivity (Wildman–Crippen MR) is 107 cm³/mol. The SMILES string of the molecule is C[C@H]1C[C@H](C)CN(C(=O)CN2CCN(CC(=O)Nc3c(F)cccc3F)CC2)C1. The lowest BCUT2D eigenvalue weighted by Gasteiger charge is -2.38. The van der Waals surface area contributed by atoms with Gasteiger partial charge < -0.3 is 10.2 Å². The van der Waals surface area contributed by atoms with E-state index in [1.165, 1.54) is 12.5 Å². The first kappa shape index (κ1) is 21.6. The Bertz CT molecular complexity index is 707. The van der Waals surface area contributed by atoms with Gasteiger partial charge in [0.15, 0.2) is 0 Å². The van der Waals surface area contributed by atoms with E-state index in [1.807, 2.05) is 9.80 Å². The normalized spacial score (nSPS) is 23.8. The number of piperidine rings is 1. The minimum absolute atomic E-state index is 0.0662. The van der Waals surface area contributed by atoms with Gasteiger partial charge in [-0.05, 0) is 30.4 Å². The molecule has 160 valence electrons. The second-order valence-electron chi connectivity index (χ2n) is 8.44. The molecule has 8 heteroatoms. The number of hydrogen-bond donors (Lipinski definition) is 1. The quantitative estimate of drug-likeness (QED) is 0.810. The highest BCUT2D eigenvalue weighted by molar-refractivity contribution is 5.92. The van der Waals surface area contributed by atoms with Crippen molar-refractivity contribution in [1.82, 2.24) is 14.7 Å². The first-order chi connectivity index (χ1) is 13.8. The van der Waals surface area contributed by atoms with Gasteiger partial charge in [-0.15, -0.1) is 0 Å². The van der Waals surface area contributed by atoms with Gasteiger partial charge in [0.25, 0.3) is 0 Å². The lowest BCUT2D eigenvalue weighted by Crippen LogP contribution is -2.52. The molecule has 1 aromatic carbocycles. The van der Waals surface area contributed by atoms with Crippen molar-refractivity contribution in [2.75, 3.05) is 57.7 Å². The number of carbonyl (C=O) groups excluding carboxylic acids is 2. The maximum absolute atomic E-state index is 13.7. The second-order valence-corrected chi connectivity index (χ2v) is 8.44. The number of para-hydroxylation sites is 1. The van der Waals surface area contributed by atoms with Crippen molar-refractivity contribution in [3.8, 4) is 0 Å². The fourth-order valence-electron chi connectivity index (χ4n) is 4.26. The summed E-state index contributed by atoms with van der Waals surface area (Å²) in [5.41, 5.74) is -0.410. The highest BCUT2D eigenvalue weighted by Crippen LogP contribution is 2.21. The fourth-order valence-corrected chi connectivity index (χ4v) is 4.26. The van der Waals surface area contributed by atoms with Crippen molar-refractivity contribution >= 4 is 17.5 Å². The molecule has 0 radical (unpaired) electrons. The summed E-state index contributed by atoms with van der Waals surface area (Å²) in [7, 11) is 0. The predicted octanol–water partition coefficient (Wildman–Crippen LogP) is 2.03. The topological polar surface area (TPSA) is 55.9 Å². The van der Waals surface area contributed by atoms with Gasteiger partial charge in [-0.25, -0.2) is 8.78 Å². The largest absolute Gasteiger partial charge is 0.341 e. The molecule has 2 aliphatic rings. The van der Waals surface area contributed by atoms with Crippen molar-refractivity contribution in [3.05, 3.63) is 29.8 Å². The smallest absolute Gasteiger partial charge is 0.238 e. The molecular weight excluding hydrogens is 378 g/mol. The van der Waals surface area contributed by atoms with Crippen molar-refractivity contribution < 1.29 is 18.4 Å². The maximum atomic E-state index is 13.7. The molecule has 1 N–H and O–H groups in total. The van der Waals surface area contributed by atoms with E-state index in [4.69, 9.17) is 0 Å². The Labute approximate surface area is 170 Å². The molecule has 0 aromatic heterocycles. The van der Waals surface area contributed by atoms with Crippen molar-refractivity contribution in [1.29, 1.82) is 0 Å². The van der Waals surface area contributed by atoms with Gasteiger partial charge >= 0.3 is 0 Å². The summed E-state index contributed by atoms with van der Waals surface area (Å²) in [5, 5.41) is 2.32. The Balaban J connectivity index is 1.42. The molecule has 2 saturated heterocycles. The lowest BCUT2D eigenvalue weighted by molar-refractivity contribution is -0.135. The van der Waals surface area contributed by atoms with Gasteiger partial charge in [-0.3, -0.25) is 19.4 Å². The molecule has 0 saturated carbocycles. The Morgan fingerprint density at radius 3 is 2.03 bits per heavy atom. The molecule has 1 aromatic rings. The molecule has 2 fully saturated rings. The van der Waals surface area contributed by atoms with Crippen LogP contribution in [0, 0.1) is 23.5 Å². The van der Waals surface area contributed by atoms with Crippen molar-refractivity contribution in [2.24, 2.45) is 11.8 Å². The van der Waals surface area contributed by atoms with E-state index in [-0.39, 0.29) is 12.5 Å². The highest BCUT2D eigenvalue weighted by atomic mass is 19.1. The van der Waals surface area contributed by atoms with E-state index >= 15 is 0 Å². The van der Waals surface area contributed by atoms with Crippen LogP contribution in [-0.4, -0.2) is 78.9 Å². The fraction of sp³-hybridized carbons (Fsp3) is 0.619. The van der Waals surface area contributed by atoms with Crippen molar-refractivity contribution in [2.45, 2.75) is 20.3 Å². The van der Waals surface area contributed by atoms with Crippen LogP contribution < -0.4 is 5.32 Å². The average Bonchev–Trinajstić information content (AvgIpc) is 2.65. The number of hydrogen-bond acceptors (Lipinski definition) is 4. The average molecular weight is 408 g/mol. The molecule has 0 aliphatic carbocycles. The van der Waals surface area contributed by atoms with E-state index in [9.17, 15) is 18.4 Å². The molecule has 0 bridgehead atoms. The summed E-state index contributed by atoms with van der Waals surface area (Å²) in [6, 6.07) is 3.47. The Morgan fingerprint density at radius 2 is 1.48 bits per heavy atom. The number of likely N-dealkylation sites (tertiary alicyclic amines) is 1. The van der Waals surface area contributed by atoms with Gasteiger partial charge in [0.1, 0.15) is 17.3 Å². The number of benzene rings is 1. The van der Waals surface area contributed by atoms with Crippen LogP contribution in [-0.2, 0) is 9.59 Å². The number of anilines is 1. The molecule has 6 nitrogen and oxygen atoms in total. The van der Waals surface area contributed by atoms with E-state index in [0.29, 0.717) is 44.6 Å². The number of carbonyl (C=O) groups is 2. The molecular formula is C21H30F2N4O2. The van der Waals surface area contributed by atoms with E-state index < -0.39 is 23.2 Å². The summed E-state index contributed by atoms with van der Waals surface area (Å²) < 4.78 is 27.3. The van der Waals surface area contributed by atoms with Crippen LogP contribution in [0.2, 0.25) is 0 Å². The van der Waals surface area contributed by atoms with Crippen LogP contribution in [0.1, 0.15) is 20.3 Å². The van der Waals surface area contributed by atoms with Crippen molar-refractivity contribution in [3.63, 3.8) is 0 Å². The zero-order chi connectivity index (χ0) is 21.0. The first-order valence-electron chi connectivity index (χ1n) is 10.3. The zero-order valence-electron chi connectivity index (χ0n) is 17.2. The third-order valence-electron chi connectivity index (χ3n) is 5.64. The van der Waals surface area contributed by atoms with Gasteiger partial charge in [0.05, 0.1) is 13.1 Å². The zero-order valence-corrected chi connectivity index (χ0v) is 17.2. The van der Waals surface area contributed by atoms with Gasteiger partial charge in [0.2, 0.25) is 11.8 Å². The molecule has 2 aliphatic heterocycles. The van der Waals surface area contributed by atoms with Crippen LogP contribution in [0.4, 0.5) is 14.5 Å². The summed E-state index contributed by atoms with van der Waals surface area (Å²) in [6.45, 7) is 9.14. The Hall–Kier alpha value is -2.06. The van der Waals surface area contributed by atoms with Gasteiger partial charge in [-0.1, -0.05) is 19.9 Å². The minimum atomic E-state index is -0.789. The minimum Gasteiger partial charge on any atom is -0.341 e. The highest BCUT2D eigenvalue weighted by Gasteiger charge is 2.28. The number of amides is 2. The van der Waals surface area contributed by atoms with Crippen LogP contribution in [0.15, 0.2) is 18.2 Å². The number of halogens is 2. The number of piperazine rings is 1. The van der Waals surface area contributed by atoms with Gasteiger partial charge in [0, 0.05) is 39.3 Å². The summed E-state index contributed by atoms with van der Waals surface area (Å²) >= 11 is 0.